The number of carbonyl (C=O) groups is 1. The molecule has 0 aromatic carbocycles. The average molecular weight is 346 g/mol. The molecule has 21 heavy (non-hydrogen) atoms. The Kier molecular flexibility index (Phi) is 4.92. The summed E-state index contributed by atoms with van der Waals surface area (Å²) >= 11 is 0. The predicted molar refractivity (Wildman–Crippen MR) is 51.5 cm³/mol. The van der Waals surface area contributed by atoms with Gasteiger partial charge in [0.05, 0.1) is 6.61 Å². The van der Waals surface area contributed by atoms with Gasteiger partial charge in [-0.2, -0.15) is 21.6 Å². The van der Waals surface area contributed by atoms with E-state index in [0.717, 1.165) is 0 Å². The summed E-state index contributed by atoms with van der Waals surface area (Å²) in [6.07, 6.45) is -9.87. The largest absolute Gasteiger partial charge is 0.451 e. The summed E-state index contributed by atoms with van der Waals surface area (Å²) in [6.45, 7) is -2.52. The lowest BCUT2D eigenvalue weighted by atomic mass is 10.3. The minimum atomic E-state index is -5.56. The number of ether oxygens (including phenoxy) is 3. The third-order valence-corrected chi connectivity index (χ3v) is 2.91. The van der Waals surface area contributed by atoms with E-state index in [-0.39, 0.29) is 0 Å². The van der Waals surface area contributed by atoms with E-state index < -0.39 is 59.7 Å². The molecule has 3 atom stereocenters. The van der Waals surface area contributed by atoms with Crippen molar-refractivity contribution in [1.29, 1.82) is 0 Å². The zero-order valence-electron chi connectivity index (χ0n) is 9.90. The Labute approximate surface area is 114 Å². The topological polar surface area (TPSA) is 78.9 Å². The highest BCUT2D eigenvalue weighted by molar-refractivity contribution is 7.86. The van der Waals surface area contributed by atoms with E-state index in [0.29, 0.717) is 0 Å². The first kappa shape index (κ1) is 18.1. The van der Waals surface area contributed by atoms with Gasteiger partial charge in [-0.05, 0) is 0 Å². The van der Waals surface area contributed by atoms with Crippen LogP contribution < -0.4 is 0 Å². The summed E-state index contributed by atoms with van der Waals surface area (Å²) in [4.78, 5) is 10.4. The van der Waals surface area contributed by atoms with E-state index in [1.54, 1.807) is 0 Å². The number of aldehydes is 1. The van der Waals surface area contributed by atoms with E-state index in [1.807, 2.05) is 0 Å². The second kappa shape index (κ2) is 5.70. The van der Waals surface area contributed by atoms with Crippen LogP contribution in [0.3, 0.4) is 0 Å². The Morgan fingerprint density at radius 1 is 1.33 bits per heavy atom. The molecule has 13 heteroatoms. The highest BCUT2D eigenvalue weighted by Crippen LogP contribution is 2.46. The second-order valence-electron chi connectivity index (χ2n) is 3.90. The minimum absolute atomic E-state index is 0.972. The lowest BCUT2D eigenvalue weighted by molar-refractivity contribution is -0.341. The Morgan fingerprint density at radius 3 is 2.29 bits per heavy atom. The van der Waals surface area contributed by atoms with Crippen LogP contribution in [0.4, 0.5) is 25.8 Å². The van der Waals surface area contributed by atoms with Crippen molar-refractivity contribution in [2.45, 2.75) is 24.2 Å². The molecule has 0 aromatic rings. The lowest BCUT2D eigenvalue weighted by Crippen LogP contribution is -2.49. The van der Waals surface area contributed by atoms with E-state index in [4.69, 9.17) is 0 Å². The van der Waals surface area contributed by atoms with Crippen molar-refractivity contribution in [3.8, 4) is 0 Å². The van der Waals surface area contributed by atoms with Crippen LogP contribution >= 0.6 is 0 Å². The number of alkyl halides is 5. The molecule has 1 heterocycles. The zero-order valence-corrected chi connectivity index (χ0v) is 10.7. The first-order chi connectivity index (χ1) is 9.35. The molecule has 0 N–H and O–H groups in total. The molecule has 1 saturated heterocycles. The van der Waals surface area contributed by atoms with Gasteiger partial charge in [-0.3, -0.25) is 14.3 Å². The van der Waals surface area contributed by atoms with Gasteiger partial charge >= 0.3 is 22.2 Å². The van der Waals surface area contributed by atoms with Crippen LogP contribution in [0.15, 0.2) is 0 Å². The fraction of sp³-hybridized carbons (Fsp3) is 0.875. The maximum absolute atomic E-state index is 13.8. The quantitative estimate of drug-likeness (QED) is 0.306. The maximum Gasteiger partial charge on any atom is 0.451 e. The van der Waals surface area contributed by atoms with E-state index in [1.165, 1.54) is 0 Å². The van der Waals surface area contributed by atoms with Crippen LogP contribution in [0.25, 0.3) is 0 Å². The van der Waals surface area contributed by atoms with Crippen LogP contribution in [-0.2, 0) is 29.2 Å². The summed E-state index contributed by atoms with van der Waals surface area (Å²) in [5.74, 6) is -9.17. The Morgan fingerprint density at radius 2 is 1.90 bits per heavy atom. The molecule has 6 nitrogen and oxygen atoms in total. The van der Waals surface area contributed by atoms with Gasteiger partial charge in [-0.25, -0.2) is 8.78 Å². The number of hydrogen-bond donors (Lipinski definition) is 0. The molecule has 0 aromatic heterocycles. The molecule has 0 spiro atoms. The van der Waals surface area contributed by atoms with Crippen molar-refractivity contribution in [1.82, 2.24) is 0 Å². The highest BCUT2D eigenvalue weighted by Gasteiger charge is 2.71. The highest BCUT2D eigenvalue weighted by atomic mass is 32.3. The molecular formula is C8H8F6O6S. The van der Waals surface area contributed by atoms with E-state index in [9.17, 15) is 39.1 Å². The second-order valence-corrected chi connectivity index (χ2v) is 5.39. The first-order valence-electron chi connectivity index (χ1n) is 5.09. The summed E-state index contributed by atoms with van der Waals surface area (Å²) in [7, 11) is -4.95. The van der Waals surface area contributed by atoms with Gasteiger partial charge in [-0.1, -0.05) is 0 Å². The molecule has 1 rings (SSSR count). The van der Waals surface area contributed by atoms with Gasteiger partial charge in [0, 0.05) is 0 Å². The van der Waals surface area contributed by atoms with Gasteiger partial charge in [0.2, 0.25) is 0 Å². The third-order valence-electron chi connectivity index (χ3n) is 2.26. The Bertz CT molecular complexity index is 494. The van der Waals surface area contributed by atoms with Gasteiger partial charge < -0.3 is 4.74 Å². The number of rotatable bonds is 6. The summed E-state index contributed by atoms with van der Waals surface area (Å²) in [6, 6.07) is 0. The van der Waals surface area contributed by atoms with Crippen molar-refractivity contribution in [2.24, 2.45) is 0 Å². The van der Waals surface area contributed by atoms with Crippen molar-refractivity contribution >= 4 is 16.5 Å². The third kappa shape index (κ3) is 4.05. The molecule has 0 bridgehead atoms. The lowest BCUT2D eigenvalue weighted by Gasteiger charge is -2.24. The van der Waals surface area contributed by atoms with Crippen LogP contribution in [-0.4, -0.2) is 57.8 Å². The van der Waals surface area contributed by atoms with E-state index >= 15 is 0 Å². The SMILES string of the molecule is O=CC1(C(F)(F)F)OC(F)C(F)(COCCS(=O)(=O)F)O1. The Hall–Kier alpha value is -0.920. The molecule has 0 radical (unpaired) electrons. The molecule has 1 aliphatic rings. The number of halogens is 6. The first-order valence-corrected chi connectivity index (χ1v) is 6.65. The zero-order chi connectivity index (χ0) is 16.5. The molecule has 1 aliphatic heterocycles. The maximum atomic E-state index is 13.8. The minimum Gasteiger partial charge on any atom is -0.374 e. The van der Waals surface area contributed by atoms with Crippen molar-refractivity contribution < 1.29 is 53.3 Å². The van der Waals surface area contributed by atoms with Gasteiger partial charge in [-0.15, -0.1) is 3.89 Å². The molecule has 0 aliphatic carbocycles. The van der Waals surface area contributed by atoms with E-state index in [2.05, 4.69) is 14.2 Å². The fourth-order valence-corrected chi connectivity index (χ4v) is 1.59. The van der Waals surface area contributed by atoms with Crippen LogP contribution in [0.2, 0.25) is 0 Å². The van der Waals surface area contributed by atoms with Crippen molar-refractivity contribution in [3.05, 3.63) is 0 Å². The van der Waals surface area contributed by atoms with Crippen molar-refractivity contribution in [2.75, 3.05) is 19.0 Å². The average Bonchev–Trinajstić information content (AvgIpc) is 2.57. The summed E-state index contributed by atoms with van der Waals surface area (Å²) < 4.78 is 108. The van der Waals surface area contributed by atoms with Crippen LogP contribution in [0, 0.1) is 0 Å². The standard InChI is InChI=1S/C8H8F6O6S/c9-5-6(10,4-18-1-2-21(14,16)17)20-7(3-15,19-5)8(11,12)13/h3,5H,1-2,4H2. The van der Waals surface area contributed by atoms with Gasteiger partial charge in [0.15, 0.2) is 6.29 Å². The molecule has 3 unspecified atom stereocenters. The Balaban J connectivity index is 2.72. The summed E-state index contributed by atoms with van der Waals surface area (Å²) in [5.41, 5.74) is 0. The summed E-state index contributed by atoms with van der Waals surface area (Å²) in [5, 5.41) is 0. The van der Waals surface area contributed by atoms with Gasteiger partial charge in [0.25, 0.3) is 12.2 Å². The van der Waals surface area contributed by atoms with Crippen LogP contribution in [0.5, 0.6) is 0 Å². The van der Waals surface area contributed by atoms with Crippen molar-refractivity contribution in [3.63, 3.8) is 0 Å². The molecule has 1 fully saturated rings. The normalized spacial score (nSPS) is 34.1. The van der Waals surface area contributed by atoms with Gasteiger partial charge in [0.1, 0.15) is 12.4 Å². The molecule has 0 saturated carbocycles. The predicted octanol–water partition coefficient (Wildman–Crippen LogP) is 0.768. The molecular weight excluding hydrogens is 338 g/mol. The fourth-order valence-electron chi connectivity index (χ4n) is 1.27. The molecule has 0 amide bonds. The monoisotopic (exact) mass is 346 g/mol. The number of hydrogen-bond acceptors (Lipinski definition) is 6. The molecule has 124 valence electrons. The smallest absolute Gasteiger partial charge is 0.374 e. The van der Waals surface area contributed by atoms with Crippen LogP contribution in [0.1, 0.15) is 0 Å². The number of carbonyl (C=O) groups excluding carboxylic acids is 1.